The zero-order chi connectivity index (χ0) is 9.22. The first-order valence-corrected chi connectivity index (χ1v) is 5.86. The normalized spacial score (nSPS) is 48.8. The van der Waals surface area contributed by atoms with Crippen LogP contribution in [0.1, 0.15) is 0 Å². The Hall–Kier alpha value is -0.900. The Kier molecular flexibility index (Phi) is 1.12. The van der Waals surface area contributed by atoms with Crippen LogP contribution in [-0.2, 0) is 14.6 Å². The maximum Gasteiger partial charge on any atom is 0.175 e. The fourth-order valence-corrected chi connectivity index (χ4v) is 4.45. The molecule has 0 bridgehead atoms. The van der Waals surface area contributed by atoms with E-state index in [1.807, 2.05) is 12.2 Å². The first-order valence-electron chi connectivity index (χ1n) is 4.25. The van der Waals surface area contributed by atoms with Crippen LogP contribution in [0, 0.1) is 17.8 Å². The molecule has 4 atom stereocenters. The summed E-state index contributed by atoms with van der Waals surface area (Å²) in [4.78, 5) is 11.3. The zero-order valence-electron chi connectivity index (χ0n) is 6.75. The van der Waals surface area contributed by atoms with Crippen LogP contribution in [0.15, 0.2) is 23.6 Å². The topological polar surface area (TPSA) is 51.2 Å². The molecule has 0 aromatic rings. The predicted molar refractivity (Wildman–Crippen MR) is 46.5 cm³/mol. The van der Waals surface area contributed by atoms with Gasteiger partial charge in [0, 0.05) is 17.2 Å². The lowest BCUT2D eigenvalue weighted by Gasteiger charge is -2.53. The van der Waals surface area contributed by atoms with Crippen LogP contribution >= 0.6 is 0 Å². The summed E-state index contributed by atoms with van der Waals surface area (Å²) in [7, 11) is -3.14. The standard InChI is InChI=1S/C9H8O3S/c10-7-3-4-13(11,12)9-6-2-1-5(6)8(7)9/h1-6,8-9H/t5-,6+,8+,9+/m0/s1. The van der Waals surface area contributed by atoms with Crippen molar-refractivity contribution in [1.82, 2.24) is 0 Å². The number of hydrogen-bond acceptors (Lipinski definition) is 3. The number of hydrogen-bond donors (Lipinski definition) is 0. The molecule has 4 heteroatoms. The van der Waals surface area contributed by atoms with Gasteiger partial charge < -0.3 is 0 Å². The van der Waals surface area contributed by atoms with Crippen molar-refractivity contribution in [2.75, 3.05) is 0 Å². The Bertz CT molecular complexity index is 443. The lowest BCUT2D eigenvalue weighted by atomic mass is 9.56. The molecule has 0 spiro atoms. The molecule has 0 aromatic heterocycles. The van der Waals surface area contributed by atoms with E-state index in [9.17, 15) is 13.2 Å². The van der Waals surface area contributed by atoms with Crippen LogP contribution in [0.4, 0.5) is 0 Å². The third kappa shape index (κ3) is 0.705. The Labute approximate surface area is 76.0 Å². The van der Waals surface area contributed by atoms with Crippen molar-refractivity contribution in [2.24, 2.45) is 17.8 Å². The molecule has 1 fully saturated rings. The summed E-state index contributed by atoms with van der Waals surface area (Å²) in [6.45, 7) is 0. The van der Waals surface area contributed by atoms with E-state index >= 15 is 0 Å². The molecule has 0 N–H and O–H groups in total. The highest BCUT2D eigenvalue weighted by atomic mass is 32.2. The van der Waals surface area contributed by atoms with Gasteiger partial charge in [-0.1, -0.05) is 12.2 Å². The lowest BCUT2D eigenvalue weighted by molar-refractivity contribution is -0.124. The van der Waals surface area contributed by atoms with Gasteiger partial charge in [0.25, 0.3) is 0 Å². The van der Waals surface area contributed by atoms with Gasteiger partial charge in [-0.05, 0) is 12.0 Å². The number of ketones is 1. The minimum absolute atomic E-state index is 0.0228. The Morgan fingerprint density at radius 3 is 2.38 bits per heavy atom. The minimum atomic E-state index is -3.14. The Morgan fingerprint density at radius 2 is 1.85 bits per heavy atom. The van der Waals surface area contributed by atoms with Crippen molar-refractivity contribution in [3.05, 3.63) is 23.6 Å². The van der Waals surface area contributed by atoms with E-state index in [0.717, 1.165) is 5.41 Å². The molecule has 0 saturated heterocycles. The average molecular weight is 196 g/mol. The highest BCUT2D eigenvalue weighted by Gasteiger charge is 2.60. The van der Waals surface area contributed by atoms with E-state index in [4.69, 9.17) is 0 Å². The monoisotopic (exact) mass is 196 g/mol. The molecule has 0 amide bonds. The zero-order valence-corrected chi connectivity index (χ0v) is 7.57. The lowest BCUT2D eigenvalue weighted by Crippen LogP contribution is -2.60. The van der Waals surface area contributed by atoms with E-state index in [2.05, 4.69) is 0 Å². The van der Waals surface area contributed by atoms with Gasteiger partial charge >= 0.3 is 0 Å². The summed E-state index contributed by atoms with van der Waals surface area (Å²) >= 11 is 0. The van der Waals surface area contributed by atoms with Gasteiger partial charge in [0.2, 0.25) is 0 Å². The van der Waals surface area contributed by atoms with Crippen molar-refractivity contribution in [2.45, 2.75) is 5.25 Å². The van der Waals surface area contributed by atoms with Gasteiger partial charge in [-0.3, -0.25) is 4.79 Å². The van der Waals surface area contributed by atoms with E-state index < -0.39 is 15.1 Å². The molecule has 1 saturated carbocycles. The Morgan fingerprint density at radius 1 is 1.15 bits per heavy atom. The second kappa shape index (κ2) is 1.95. The van der Waals surface area contributed by atoms with Crippen LogP contribution in [0.5, 0.6) is 0 Å². The highest BCUT2D eigenvalue weighted by Crippen LogP contribution is 2.54. The first kappa shape index (κ1) is 7.50. The van der Waals surface area contributed by atoms with E-state index in [1.54, 1.807) is 0 Å². The van der Waals surface area contributed by atoms with Crippen LogP contribution in [0.2, 0.25) is 0 Å². The number of fused-ring (bicyclic) bond motifs is 4. The summed E-state index contributed by atoms with van der Waals surface area (Å²) < 4.78 is 23.0. The smallest absolute Gasteiger partial charge is 0.175 e. The number of carbonyl (C=O) groups excluding carboxylic acids is 1. The minimum Gasteiger partial charge on any atom is -0.294 e. The highest BCUT2D eigenvalue weighted by molar-refractivity contribution is 7.95. The maximum absolute atomic E-state index is 11.5. The molecule has 3 aliphatic rings. The van der Waals surface area contributed by atoms with Gasteiger partial charge in [0.05, 0.1) is 5.25 Å². The van der Waals surface area contributed by atoms with Gasteiger partial charge in [0.15, 0.2) is 15.6 Å². The fourth-order valence-electron chi connectivity index (χ4n) is 2.51. The van der Waals surface area contributed by atoms with Gasteiger partial charge in [-0.25, -0.2) is 8.42 Å². The van der Waals surface area contributed by atoms with Crippen LogP contribution in [0.25, 0.3) is 0 Å². The summed E-state index contributed by atoms with van der Waals surface area (Å²) in [6.07, 6.45) is 5.05. The molecule has 13 heavy (non-hydrogen) atoms. The second-order valence-corrected chi connectivity index (χ2v) is 5.82. The van der Waals surface area contributed by atoms with Gasteiger partial charge in [-0.2, -0.15) is 0 Å². The largest absolute Gasteiger partial charge is 0.294 e. The summed E-state index contributed by atoms with van der Waals surface area (Å²) in [6, 6.07) is 0. The van der Waals surface area contributed by atoms with Crippen molar-refractivity contribution >= 4 is 15.6 Å². The SMILES string of the molecule is O=C1C=CS(=O)(=O)[C@@H]2[C@@H]3C=C[C@@H]3[C@H]12. The summed E-state index contributed by atoms with van der Waals surface area (Å²) in [5, 5.41) is 0.624. The summed E-state index contributed by atoms with van der Waals surface area (Å²) in [5.74, 6) is 0.0246. The molecule has 0 aromatic carbocycles. The molecule has 3 nitrogen and oxygen atoms in total. The molecule has 3 rings (SSSR count). The molecular weight excluding hydrogens is 188 g/mol. The van der Waals surface area contributed by atoms with E-state index in [1.165, 1.54) is 6.08 Å². The number of sulfone groups is 1. The van der Waals surface area contributed by atoms with Crippen molar-refractivity contribution in [1.29, 1.82) is 0 Å². The quantitative estimate of drug-likeness (QED) is 0.523. The molecule has 1 aliphatic heterocycles. The average Bonchev–Trinajstić information content (AvgIpc) is 2.02. The number of carbonyl (C=O) groups is 1. The van der Waals surface area contributed by atoms with Gasteiger partial charge in [0.1, 0.15) is 0 Å². The predicted octanol–water partition coefficient (Wildman–Crippen LogP) is 0.298. The third-order valence-electron chi connectivity index (χ3n) is 3.28. The number of allylic oxidation sites excluding steroid dienone is 3. The van der Waals surface area contributed by atoms with Crippen LogP contribution in [-0.4, -0.2) is 19.5 Å². The van der Waals surface area contributed by atoms with Crippen LogP contribution in [0.3, 0.4) is 0 Å². The molecule has 68 valence electrons. The molecule has 0 unspecified atom stereocenters. The van der Waals surface area contributed by atoms with Gasteiger partial charge in [-0.15, -0.1) is 0 Å². The fraction of sp³-hybridized carbons (Fsp3) is 0.444. The molecule has 2 aliphatic carbocycles. The third-order valence-corrected chi connectivity index (χ3v) is 5.16. The molecular formula is C9H8O3S. The summed E-state index contributed by atoms with van der Waals surface area (Å²) in [5.41, 5.74) is 0. The van der Waals surface area contributed by atoms with Crippen LogP contribution < -0.4 is 0 Å². The van der Waals surface area contributed by atoms with E-state index in [-0.39, 0.29) is 23.5 Å². The van der Waals surface area contributed by atoms with Crippen molar-refractivity contribution < 1.29 is 13.2 Å². The maximum atomic E-state index is 11.5. The van der Waals surface area contributed by atoms with E-state index in [0.29, 0.717) is 0 Å². The molecule has 1 heterocycles. The van der Waals surface area contributed by atoms with Crippen molar-refractivity contribution in [3.63, 3.8) is 0 Å². The second-order valence-electron chi connectivity index (χ2n) is 3.82. The number of rotatable bonds is 0. The molecule has 0 radical (unpaired) electrons. The first-order chi connectivity index (χ1) is 6.11. The van der Waals surface area contributed by atoms with Crippen molar-refractivity contribution in [3.8, 4) is 0 Å². The Balaban J connectivity index is 2.14.